The van der Waals surface area contributed by atoms with Gasteiger partial charge in [0.1, 0.15) is 0 Å². The number of carbonyl (C=O) groups excluding carboxylic acids is 1. The minimum absolute atomic E-state index is 0. The molecule has 4 atom stereocenters. The molecule has 4 unspecified atom stereocenters. The van der Waals surface area contributed by atoms with E-state index in [9.17, 15) is 4.79 Å². The van der Waals surface area contributed by atoms with Gasteiger partial charge in [-0.05, 0) is 23.5 Å². The molecule has 3 N–H and O–H groups in total. The van der Waals surface area contributed by atoms with E-state index in [0.717, 1.165) is 6.42 Å². The van der Waals surface area contributed by atoms with Crippen molar-refractivity contribution in [2.24, 2.45) is 11.7 Å². The van der Waals surface area contributed by atoms with Crippen LogP contribution < -0.4 is 11.1 Å². The number of fused-ring (bicyclic) bond motifs is 3. The zero-order valence-electron chi connectivity index (χ0n) is 11.5. The molecule has 2 aliphatic carbocycles. The van der Waals surface area contributed by atoms with Crippen LogP contribution in [0.2, 0.25) is 0 Å². The summed E-state index contributed by atoms with van der Waals surface area (Å²) >= 11 is 0. The maximum Gasteiger partial charge on any atom is 0.222 e. The van der Waals surface area contributed by atoms with Crippen LogP contribution >= 0.6 is 12.4 Å². The van der Waals surface area contributed by atoms with Crippen LogP contribution in [0.1, 0.15) is 23.5 Å². The molecule has 110 valence electrons. The predicted molar refractivity (Wildman–Crippen MR) is 80.0 cm³/mol. The van der Waals surface area contributed by atoms with Crippen molar-refractivity contribution < 1.29 is 9.53 Å². The van der Waals surface area contributed by atoms with E-state index in [0.29, 0.717) is 30.8 Å². The van der Waals surface area contributed by atoms with Gasteiger partial charge in [0, 0.05) is 25.6 Å². The summed E-state index contributed by atoms with van der Waals surface area (Å²) < 4.78 is 5.14. The van der Waals surface area contributed by atoms with Crippen LogP contribution in [-0.2, 0) is 16.0 Å². The van der Waals surface area contributed by atoms with Gasteiger partial charge in [-0.3, -0.25) is 4.79 Å². The van der Waals surface area contributed by atoms with E-state index in [2.05, 4.69) is 29.6 Å². The van der Waals surface area contributed by atoms with Crippen molar-refractivity contribution in [2.45, 2.75) is 30.9 Å². The quantitative estimate of drug-likeness (QED) is 0.859. The van der Waals surface area contributed by atoms with Gasteiger partial charge in [0.2, 0.25) is 5.91 Å². The predicted octanol–water partition coefficient (Wildman–Crippen LogP) is 1.23. The topological polar surface area (TPSA) is 64.3 Å². The molecular formula is C15H21ClN2O2. The first-order valence-electron chi connectivity index (χ1n) is 6.84. The lowest BCUT2D eigenvalue weighted by atomic mass is 10.1. The molecule has 0 radical (unpaired) electrons. The Morgan fingerprint density at radius 2 is 2.25 bits per heavy atom. The lowest BCUT2D eigenvalue weighted by Gasteiger charge is -2.14. The fraction of sp³-hybridized carbons (Fsp3) is 0.533. The first kappa shape index (κ1) is 15.3. The molecule has 1 amide bonds. The molecule has 3 rings (SSSR count). The van der Waals surface area contributed by atoms with Gasteiger partial charge >= 0.3 is 0 Å². The van der Waals surface area contributed by atoms with E-state index < -0.39 is 0 Å². The smallest absolute Gasteiger partial charge is 0.222 e. The molecule has 0 aromatic heterocycles. The van der Waals surface area contributed by atoms with Crippen molar-refractivity contribution in [1.82, 2.24) is 5.32 Å². The molecule has 0 heterocycles. The van der Waals surface area contributed by atoms with Crippen LogP contribution in [0.5, 0.6) is 0 Å². The van der Waals surface area contributed by atoms with E-state index in [1.165, 1.54) is 11.1 Å². The fourth-order valence-electron chi connectivity index (χ4n) is 3.26. The van der Waals surface area contributed by atoms with Gasteiger partial charge in [-0.25, -0.2) is 0 Å². The monoisotopic (exact) mass is 296 g/mol. The van der Waals surface area contributed by atoms with Crippen molar-refractivity contribution in [3.05, 3.63) is 35.4 Å². The Morgan fingerprint density at radius 3 is 2.95 bits per heavy atom. The Morgan fingerprint density at radius 1 is 1.50 bits per heavy atom. The van der Waals surface area contributed by atoms with Gasteiger partial charge in [-0.1, -0.05) is 24.3 Å². The third-order valence-electron chi connectivity index (χ3n) is 4.38. The molecule has 20 heavy (non-hydrogen) atoms. The molecule has 1 aromatic carbocycles. The zero-order chi connectivity index (χ0) is 13.4. The molecule has 4 nitrogen and oxygen atoms in total. The molecule has 5 heteroatoms. The Kier molecular flexibility index (Phi) is 4.68. The molecule has 0 saturated heterocycles. The standard InChI is InChI=1S/C15H20N2O2.ClH/c1-19-10(8-16)7-13(18)17-15-12-6-9-4-2-3-5-11(9)14(12)15;/h2-5,10,12,14-15H,6-8,16H2,1H3,(H,17,18);1H. The lowest BCUT2D eigenvalue weighted by molar-refractivity contribution is -0.123. The number of hydrogen-bond acceptors (Lipinski definition) is 3. The van der Waals surface area contributed by atoms with Crippen molar-refractivity contribution in [2.75, 3.05) is 13.7 Å². The molecule has 1 saturated carbocycles. The van der Waals surface area contributed by atoms with Gasteiger partial charge < -0.3 is 15.8 Å². The van der Waals surface area contributed by atoms with Crippen molar-refractivity contribution >= 4 is 18.3 Å². The number of hydrogen-bond donors (Lipinski definition) is 2. The van der Waals surface area contributed by atoms with Crippen LogP contribution in [0.25, 0.3) is 0 Å². The second-order valence-corrected chi connectivity index (χ2v) is 5.48. The highest BCUT2D eigenvalue weighted by Gasteiger charge is 2.56. The van der Waals surface area contributed by atoms with E-state index in [1.54, 1.807) is 7.11 Å². The number of methoxy groups -OCH3 is 1. The Labute approximate surface area is 125 Å². The highest BCUT2D eigenvalue weighted by Crippen LogP contribution is 2.56. The molecular weight excluding hydrogens is 276 g/mol. The first-order chi connectivity index (χ1) is 9.24. The fourth-order valence-corrected chi connectivity index (χ4v) is 3.26. The maximum atomic E-state index is 11.9. The van der Waals surface area contributed by atoms with Crippen LogP contribution in [0.15, 0.2) is 24.3 Å². The normalized spacial score (nSPS) is 27.0. The lowest BCUT2D eigenvalue weighted by Crippen LogP contribution is -2.34. The number of halogens is 1. The van der Waals surface area contributed by atoms with Crippen LogP contribution in [0.4, 0.5) is 0 Å². The third-order valence-corrected chi connectivity index (χ3v) is 4.38. The highest BCUT2D eigenvalue weighted by molar-refractivity contribution is 5.85. The van der Waals surface area contributed by atoms with E-state index in [1.807, 2.05) is 0 Å². The largest absolute Gasteiger partial charge is 0.380 e. The van der Waals surface area contributed by atoms with Crippen molar-refractivity contribution in [3.63, 3.8) is 0 Å². The summed E-state index contributed by atoms with van der Waals surface area (Å²) in [7, 11) is 1.59. The second-order valence-electron chi connectivity index (χ2n) is 5.48. The van der Waals surface area contributed by atoms with Gasteiger partial charge in [-0.15, -0.1) is 12.4 Å². The Hall–Kier alpha value is -1.10. The van der Waals surface area contributed by atoms with E-state index in [-0.39, 0.29) is 24.4 Å². The minimum Gasteiger partial charge on any atom is -0.380 e. The number of nitrogens with one attached hydrogen (secondary N) is 1. The Bertz CT molecular complexity index is 491. The third kappa shape index (κ3) is 2.68. The first-order valence-corrected chi connectivity index (χ1v) is 6.84. The number of benzene rings is 1. The van der Waals surface area contributed by atoms with E-state index in [4.69, 9.17) is 10.5 Å². The van der Waals surface area contributed by atoms with Gasteiger partial charge in [0.05, 0.1) is 12.5 Å². The van der Waals surface area contributed by atoms with Crippen LogP contribution in [0, 0.1) is 5.92 Å². The molecule has 0 aliphatic heterocycles. The number of ether oxygens (including phenoxy) is 1. The summed E-state index contributed by atoms with van der Waals surface area (Å²) in [5.41, 5.74) is 8.39. The average molecular weight is 297 g/mol. The van der Waals surface area contributed by atoms with Gasteiger partial charge in [0.25, 0.3) is 0 Å². The van der Waals surface area contributed by atoms with Gasteiger partial charge in [-0.2, -0.15) is 0 Å². The molecule has 0 spiro atoms. The number of carbonyl (C=O) groups is 1. The maximum absolute atomic E-state index is 11.9. The number of amides is 1. The molecule has 1 aromatic rings. The number of nitrogens with two attached hydrogens (primary N) is 1. The summed E-state index contributed by atoms with van der Waals surface area (Å²) in [6.07, 6.45) is 1.27. The zero-order valence-corrected chi connectivity index (χ0v) is 12.4. The molecule has 2 aliphatic rings. The van der Waals surface area contributed by atoms with Gasteiger partial charge in [0.15, 0.2) is 0 Å². The highest BCUT2D eigenvalue weighted by atomic mass is 35.5. The summed E-state index contributed by atoms with van der Waals surface area (Å²) in [6, 6.07) is 8.85. The summed E-state index contributed by atoms with van der Waals surface area (Å²) in [6.45, 7) is 0.379. The van der Waals surface area contributed by atoms with Crippen molar-refractivity contribution in [1.29, 1.82) is 0 Å². The Balaban J connectivity index is 0.00000147. The van der Waals surface area contributed by atoms with E-state index >= 15 is 0 Å². The summed E-state index contributed by atoms with van der Waals surface area (Å²) in [4.78, 5) is 11.9. The second kappa shape index (κ2) is 6.12. The molecule has 1 fully saturated rings. The molecule has 0 bridgehead atoms. The number of rotatable bonds is 5. The summed E-state index contributed by atoms with van der Waals surface area (Å²) in [5, 5.41) is 3.12. The average Bonchev–Trinajstić information content (AvgIpc) is 2.94. The summed E-state index contributed by atoms with van der Waals surface area (Å²) in [5.74, 6) is 1.17. The SMILES string of the molecule is COC(CN)CC(=O)NC1C2Cc3ccccc3C21.Cl. The van der Waals surface area contributed by atoms with Crippen LogP contribution in [0.3, 0.4) is 0 Å². The van der Waals surface area contributed by atoms with Crippen molar-refractivity contribution in [3.8, 4) is 0 Å². The minimum atomic E-state index is -0.175. The van der Waals surface area contributed by atoms with Crippen LogP contribution in [-0.4, -0.2) is 31.7 Å².